The first-order valence-corrected chi connectivity index (χ1v) is 8.42. The second kappa shape index (κ2) is 6.32. The Kier molecular flexibility index (Phi) is 5.00. The summed E-state index contributed by atoms with van der Waals surface area (Å²) in [5, 5.41) is 3.24. The molecule has 0 aromatic heterocycles. The highest BCUT2D eigenvalue weighted by atomic mass is 32.2. The van der Waals surface area contributed by atoms with Crippen molar-refractivity contribution in [1.29, 1.82) is 0 Å². The largest absolute Gasteiger partial charge is 0.315 e. The Morgan fingerprint density at radius 1 is 1.17 bits per heavy atom. The van der Waals surface area contributed by atoms with Gasteiger partial charge in [0.15, 0.2) is 0 Å². The van der Waals surface area contributed by atoms with E-state index < -0.39 is 10.2 Å². The summed E-state index contributed by atoms with van der Waals surface area (Å²) < 4.78 is 28.1. The molecule has 2 aliphatic rings. The Balaban J connectivity index is 1.94. The van der Waals surface area contributed by atoms with Gasteiger partial charge in [-0.25, -0.2) is 0 Å². The molecule has 0 spiro atoms. The predicted octanol–water partition coefficient (Wildman–Crippen LogP) is 0.649. The average molecular weight is 275 g/mol. The van der Waals surface area contributed by atoms with Crippen LogP contribution in [0.15, 0.2) is 0 Å². The lowest BCUT2D eigenvalue weighted by Gasteiger charge is -2.27. The lowest BCUT2D eigenvalue weighted by atomic mass is 10.1. The number of nitrogens with zero attached hydrogens (tertiary/aromatic N) is 2. The van der Waals surface area contributed by atoms with Crippen molar-refractivity contribution in [2.24, 2.45) is 5.92 Å². The third-order valence-corrected chi connectivity index (χ3v) is 5.96. The fourth-order valence-electron chi connectivity index (χ4n) is 2.90. The van der Waals surface area contributed by atoms with Gasteiger partial charge in [-0.2, -0.15) is 17.0 Å². The Morgan fingerprint density at radius 3 is 2.61 bits per heavy atom. The van der Waals surface area contributed by atoms with E-state index in [1.165, 1.54) is 25.7 Å². The topological polar surface area (TPSA) is 52.7 Å². The minimum absolute atomic E-state index is 0.565. The molecule has 0 radical (unpaired) electrons. The van der Waals surface area contributed by atoms with E-state index in [1.54, 1.807) is 15.7 Å². The Bertz CT molecular complexity index is 344. The quantitative estimate of drug-likeness (QED) is 0.819. The maximum absolute atomic E-state index is 12.5. The van der Waals surface area contributed by atoms with Gasteiger partial charge in [0.2, 0.25) is 0 Å². The van der Waals surface area contributed by atoms with Gasteiger partial charge in [0, 0.05) is 33.2 Å². The van der Waals surface area contributed by atoms with E-state index in [4.69, 9.17) is 0 Å². The van der Waals surface area contributed by atoms with Gasteiger partial charge >= 0.3 is 0 Å². The molecule has 1 saturated carbocycles. The van der Waals surface area contributed by atoms with Crippen molar-refractivity contribution in [1.82, 2.24) is 13.9 Å². The zero-order valence-corrected chi connectivity index (χ0v) is 12.1. The maximum atomic E-state index is 12.5. The first-order valence-electron chi connectivity index (χ1n) is 7.03. The third kappa shape index (κ3) is 3.44. The molecule has 0 atom stereocenters. The first kappa shape index (κ1) is 14.2. The fraction of sp³-hybridized carbons (Fsp3) is 1.00. The van der Waals surface area contributed by atoms with Gasteiger partial charge < -0.3 is 5.32 Å². The molecule has 1 aliphatic heterocycles. The van der Waals surface area contributed by atoms with Crippen molar-refractivity contribution in [2.45, 2.75) is 32.1 Å². The molecule has 0 aromatic rings. The van der Waals surface area contributed by atoms with E-state index in [0.717, 1.165) is 19.5 Å². The molecule has 5 nitrogen and oxygen atoms in total. The normalized spacial score (nSPS) is 24.6. The smallest absolute Gasteiger partial charge is 0.281 e. The van der Waals surface area contributed by atoms with Gasteiger partial charge in [-0.05, 0) is 31.7 Å². The molecule has 1 saturated heterocycles. The maximum Gasteiger partial charge on any atom is 0.281 e. The molecule has 0 amide bonds. The minimum atomic E-state index is -3.25. The van der Waals surface area contributed by atoms with Gasteiger partial charge in [-0.15, -0.1) is 0 Å². The predicted molar refractivity (Wildman–Crippen MR) is 72.6 cm³/mol. The summed E-state index contributed by atoms with van der Waals surface area (Å²) in [4.78, 5) is 0. The van der Waals surface area contributed by atoms with Gasteiger partial charge in [-0.1, -0.05) is 12.8 Å². The molecule has 106 valence electrons. The van der Waals surface area contributed by atoms with Crippen molar-refractivity contribution < 1.29 is 8.42 Å². The Morgan fingerprint density at radius 2 is 1.89 bits per heavy atom. The zero-order chi connectivity index (χ0) is 13.0. The second-order valence-corrected chi connectivity index (χ2v) is 7.48. The molecule has 0 unspecified atom stereocenters. The number of hydrogen-bond donors (Lipinski definition) is 1. The summed E-state index contributed by atoms with van der Waals surface area (Å²) >= 11 is 0. The zero-order valence-electron chi connectivity index (χ0n) is 11.3. The standard InChI is InChI=1S/C12H25N3O2S/c1-14(11-12-5-2-3-6-12)18(16,17)15-9-4-7-13-8-10-15/h12-13H,2-11H2,1H3. The van der Waals surface area contributed by atoms with Crippen LogP contribution in [0.4, 0.5) is 0 Å². The molecule has 0 aromatic carbocycles. The molecule has 2 rings (SSSR count). The van der Waals surface area contributed by atoms with Crippen molar-refractivity contribution >= 4 is 10.2 Å². The Hall–Kier alpha value is -0.170. The van der Waals surface area contributed by atoms with Gasteiger partial charge in [0.25, 0.3) is 10.2 Å². The highest BCUT2D eigenvalue weighted by Gasteiger charge is 2.29. The molecule has 1 N–H and O–H groups in total. The average Bonchev–Trinajstić information content (AvgIpc) is 2.68. The minimum Gasteiger partial charge on any atom is -0.315 e. The van der Waals surface area contributed by atoms with Gasteiger partial charge in [-0.3, -0.25) is 0 Å². The van der Waals surface area contributed by atoms with Crippen LogP contribution < -0.4 is 5.32 Å². The summed E-state index contributed by atoms with van der Waals surface area (Å²) in [5.41, 5.74) is 0. The molecule has 6 heteroatoms. The molecule has 1 aliphatic carbocycles. The number of nitrogens with one attached hydrogen (secondary N) is 1. The lowest BCUT2D eigenvalue weighted by Crippen LogP contribution is -2.44. The van der Waals surface area contributed by atoms with E-state index >= 15 is 0 Å². The van der Waals surface area contributed by atoms with Crippen LogP contribution in [0.1, 0.15) is 32.1 Å². The molecule has 0 bridgehead atoms. The summed E-state index contributed by atoms with van der Waals surface area (Å²) in [6, 6.07) is 0. The van der Waals surface area contributed by atoms with Gasteiger partial charge in [0.05, 0.1) is 0 Å². The van der Waals surface area contributed by atoms with E-state index in [0.29, 0.717) is 25.6 Å². The Labute approximate surface area is 111 Å². The van der Waals surface area contributed by atoms with E-state index in [1.807, 2.05) is 0 Å². The van der Waals surface area contributed by atoms with Crippen LogP contribution >= 0.6 is 0 Å². The monoisotopic (exact) mass is 275 g/mol. The van der Waals surface area contributed by atoms with Crippen LogP contribution in [0.25, 0.3) is 0 Å². The fourth-order valence-corrected chi connectivity index (χ4v) is 4.37. The van der Waals surface area contributed by atoms with Crippen LogP contribution in [0.2, 0.25) is 0 Å². The second-order valence-electron chi connectivity index (χ2n) is 5.44. The van der Waals surface area contributed by atoms with Crippen molar-refractivity contribution in [3.05, 3.63) is 0 Å². The van der Waals surface area contributed by atoms with Crippen LogP contribution in [-0.2, 0) is 10.2 Å². The summed E-state index contributed by atoms with van der Waals surface area (Å²) in [5.74, 6) is 0.565. The van der Waals surface area contributed by atoms with E-state index in [-0.39, 0.29) is 0 Å². The first-order chi connectivity index (χ1) is 8.60. The number of rotatable bonds is 4. The molecule has 1 heterocycles. The van der Waals surface area contributed by atoms with E-state index in [2.05, 4.69) is 5.32 Å². The SMILES string of the molecule is CN(CC1CCCC1)S(=O)(=O)N1CCCNCC1. The third-order valence-electron chi connectivity index (χ3n) is 4.01. The number of hydrogen-bond acceptors (Lipinski definition) is 3. The molecular weight excluding hydrogens is 250 g/mol. The lowest BCUT2D eigenvalue weighted by molar-refractivity contribution is 0.338. The van der Waals surface area contributed by atoms with Crippen LogP contribution in [0.5, 0.6) is 0 Å². The van der Waals surface area contributed by atoms with Crippen molar-refractivity contribution in [2.75, 3.05) is 39.8 Å². The molecular formula is C12H25N3O2S. The van der Waals surface area contributed by atoms with Crippen LogP contribution in [0, 0.1) is 5.92 Å². The highest BCUT2D eigenvalue weighted by molar-refractivity contribution is 7.86. The summed E-state index contributed by atoms with van der Waals surface area (Å²) in [6.07, 6.45) is 5.78. The van der Waals surface area contributed by atoms with Crippen molar-refractivity contribution in [3.63, 3.8) is 0 Å². The highest BCUT2D eigenvalue weighted by Crippen LogP contribution is 2.26. The molecule has 2 fully saturated rings. The summed E-state index contributed by atoms with van der Waals surface area (Å²) in [6.45, 7) is 3.60. The molecule has 18 heavy (non-hydrogen) atoms. The van der Waals surface area contributed by atoms with Crippen LogP contribution in [0.3, 0.4) is 0 Å². The van der Waals surface area contributed by atoms with Gasteiger partial charge in [0.1, 0.15) is 0 Å². The summed E-state index contributed by atoms with van der Waals surface area (Å²) in [7, 11) is -1.52. The van der Waals surface area contributed by atoms with Crippen molar-refractivity contribution in [3.8, 4) is 0 Å². The van der Waals surface area contributed by atoms with E-state index in [9.17, 15) is 8.42 Å². The van der Waals surface area contributed by atoms with Crippen LogP contribution in [-0.4, -0.2) is 56.8 Å².